The highest BCUT2D eigenvalue weighted by Gasteiger charge is 2.35. The molecule has 1 aliphatic heterocycles. The second kappa shape index (κ2) is 9.77. The van der Waals surface area contributed by atoms with Gasteiger partial charge in [-0.2, -0.15) is 0 Å². The molecule has 3 aromatic rings. The molecule has 0 N–H and O–H groups in total. The number of thioether (sulfide) groups is 1. The predicted octanol–water partition coefficient (Wildman–Crippen LogP) is 5.87. The van der Waals surface area contributed by atoms with Crippen molar-refractivity contribution in [2.45, 2.75) is 13.8 Å². The first-order chi connectivity index (χ1) is 15.9. The molecule has 33 heavy (non-hydrogen) atoms. The highest BCUT2D eigenvalue weighted by Crippen LogP contribution is 2.34. The molecule has 0 radical (unpaired) electrons. The summed E-state index contributed by atoms with van der Waals surface area (Å²) in [5.74, 6) is 1.09. The van der Waals surface area contributed by atoms with Crippen LogP contribution < -0.4 is 9.47 Å². The van der Waals surface area contributed by atoms with E-state index in [0.29, 0.717) is 15.7 Å². The van der Waals surface area contributed by atoms with Gasteiger partial charge in [-0.25, -0.2) is 0 Å². The fraction of sp³-hybridized carbons (Fsp3) is 0.200. The van der Waals surface area contributed by atoms with Gasteiger partial charge in [-0.3, -0.25) is 14.5 Å². The monoisotopic (exact) mass is 482 g/mol. The van der Waals surface area contributed by atoms with Crippen LogP contribution in [0.1, 0.15) is 17.0 Å². The summed E-state index contributed by atoms with van der Waals surface area (Å²) in [6, 6.07) is 16.7. The van der Waals surface area contributed by atoms with Gasteiger partial charge in [0.25, 0.3) is 11.1 Å². The number of ether oxygens (including phenoxy) is 2. The van der Waals surface area contributed by atoms with Gasteiger partial charge in [0.15, 0.2) is 0 Å². The summed E-state index contributed by atoms with van der Waals surface area (Å²) >= 11 is 6.82. The molecule has 6 nitrogen and oxygen atoms in total. The van der Waals surface area contributed by atoms with E-state index in [1.807, 2.05) is 44.2 Å². The quantitative estimate of drug-likeness (QED) is 0.394. The zero-order valence-corrected chi connectivity index (χ0v) is 20.1. The number of benzene rings is 2. The van der Waals surface area contributed by atoms with E-state index in [1.165, 1.54) is 4.90 Å². The fourth-order valence-corrected chi connectivity index (χ4v) is 4.68. The Labute approximate surface area is 201 Å². The maximum Gasteiger partial charge on any atom is 0.293 e. The van der Waals surface area contributed by atoms with Crippen LogP contribution in [0.3, 0.4) is 0 Å². The van der Waals surface area contributed by atoms with Crippen molar-refractivity contribution < 1.29 is 19.1 Å². The smallest absolute Gasteiger partial charge is 0.293 e. The van der Waals surface area contributed by atoms with Crippen LogP contribution in [0.5, 0.6) is 11.5 Å². The zero-order chi connectivity index (χ0) is 23.5. The fourth-order valence-electron chi connectivity index (χ4n) is 3.70. The van der Waals surface area contributed by atoms with E-state index in [9.17, 15) is 9.59 Å². The van der Waals surface area contributed by atoms with Crippen molar-refractivity contribution in [2.75, 3.05) is 20.3 Å². The van der Waals surface area contributed by atoms with Crippen molar-refractivity contribution in [1.29, 1.82) is 0 Å². The Kier molecular flexibility index (Phi) is 6.81. The number of aryl methyl sites for hydroxylation is 1. The molecule has 2 heterocycles. The SMILES string of the molecule is COc1cccc(-n2c(C)cc(/C=C3\SC(=O)N(CCOc4ccc(Cl)cc4)C3=O)c2C)c1. The summed E-state index contributed by atoms with van der Waals surface area (Å²) in [6.45, 7) is 4.37. The first-order valence-corrected chi connectivity index (χ1v) is 11.5. The number of halogens is 1. The van der Waals surface area contributed by atoms with Gasteiger partial charge in [-0.05, 0) is 79.7 Å². The minimum atomic E-state index is -0.309. The molecule has 1 fully saturated rings. The highest BCUT2D eigenvalue weighted by atomic mass is 35.5. The largest absolute Gasteiger partial charge is 0.497 e. The standard InChI is InChI=1S/C25H23ClN2O4S/c1-16-13-18(17(2)28(16)20-5-4-6-22(15-20)31-3)14-23-24(29)27(25(30)33-23)11-12-32-21-9-7-19(26)8-10-21/h4-10,13-15H,11-12H2,1-3H3/b23-14-. The molecule has 4 rings (SSSR count). The maximum atomic E-state index is 12.9. The van der Waals surface area contributed by atoms with Crippen molar-refractivity contribution in [2.24, 2.45) is 0 Å². The second-order valence-corrected chi connectivity index (χ2v) is 8.93. The lowest BCUT2D eigenvalue weighted by Gasteiger charge is -2.13. The van der Waals surface area contributed by atoms with Crippen LogP contribution in [0.4, 0.5) is 4.79 Å². The van der Waals surface area contributed by atoms with Crippen LogP contribution in [-0.4, -0.2) is 40.9 Å². The second-order valence-electron chi connectivity index (χ2n) is 7.50. The number of methoxy groups -OCH3 is 1. The Bertz CT molecular complexity index is 1230. The third-order valence-electron chi connectivity index (χ3n) is 5.34. The van der Waals surface area contributed by atoms with Crippen LogP contribution >= 0.6 is 23.4 Å². The topological polar surface area (TPSA) is 60.8 Å². The summed E-state index contributed by atoms with van der Waals surface area (Å²) < 4.78 is 13.1. The summed E-state index contributed by atoms with van der Waals surface area (Å²) in [5, 5.41) is 0.316. The van der Waals surface area contributed by atoms with E-state index >= 15 is 0 Å². The lowest BCUT2D eigenvalue weighted by molar-refractivity contribution is -0.123. The van der Waals surface area contributed by atoms with Crippen LogP contribution in [0.15, 0.2) is 59.5 Å². The molecule has 2 amide bonds. The molecule has 0 spiro atoms. The number of carbonyl (C=O) groups is 2. The Morgan fingerprint density at radius 3 is 2.52 bits per heavy atom. The summed E-state index contributed by atoms with van der Waals surface area (Å²) in [6.07, 6.45) is 1.78. The minimum absolute atomic E-state index is 0.174. The number of carbonyl (C=O) groups excluding carboxylic acids is 2. The predicted molar refractivity (Wildman–Crippen MR) is 131 cm³/mol. The first kappa shape index (κ1) is 23.0. The molecular formula is C25H23ClN2O4S. The number of amides is 2. The Morgan fingerprint density at radius 2 is 1.79 bits per heavy atom. The zero-order valence-electron chi connectivity index (χ0n) is 18.5. The number of aromatic nitrogens is 1. The summed E-state index contributed by atoms with van der Waals surface area (Å²) in [5.41, 5.74) is 3.84. The maximum absolute atomic E-state index is 12.9. The molecule has 0 unspecified atom stereocenters. The van der Waals surface area contributed by atoms with Gasteiger partial charge in [0.05, 0.1) is 18.6 Å². The number of hydrogen-bond donors (Lipinski definition) is 0. The van der Waals surface area contributed by atoms with Gasteiger partial charge >= 0.3 is 0 Å². The van der Waals surface area contributed by atoms with Gasteiger partial charge in [-0.1, -0.05) is 17.7 Å². The molecule has 2 aromatic carbocycles. The number of nitrogens with zero attached hydrogens (tertiary/aromatic N) is 2. The number of imide groups is 1. The van der Waals surface area contributed by atoms with E-state index in [-0.39, 0.29) is 24.3 Å². The van der Waals surface area contributed by atoms with Gasteiger partial charge in [-0.15, -0.1) is 0 Å². The first-order valence-electron chi connectivity index (χ1n) is 10.3. The Hall–Kier alpha value is -3.16. The molecule has 0 atom stereocenters. The third kappa shape index (κ3) is 4.94. The molecule has 0 saturated carbocycles. The van der Waals surface area contributed by atoms with E-state index in [4.69, 9.17) is 21.1 Å². The van der Waals surface area contributed by atoms with Gasteiger partial charge in [0.2, 0.25) is 0 Å². The highest BCUT2D eigenvalue weighted by molar-refractivity contribution is 8.18. The average molecular weight is 483 g/mol. The van der Waals surface area contributed by atoms with Crippen LogP contribution in [0.2, 0.25) is 5.02 Å². The summed E-state index contributed by atoms with van der Waals surface area (Å²) in [7, 11) is 1.64. The van der Waals surface area contributed by atoms with Crippen LogP contribution in [0, 0.1) is 13.8 Å². The van der Waals surface area contributed by atoms with Gasteiger partial charge < -0.3 is 14.0 Å². The molecule has 170 valence electrons. The van der Waals surface area contributed by atoms with Crippen molar-refractivity contribution in [3.63, 3.8) is 0 Å². The van der Waals surface area contributed by atoms with Crippen molar-refractivity contribution >= 4 is 40.6 Å². The third-order valence-corrected chi connectivity index (χ3v) is 6.50. The average Bonchev–Trinajstić information content (AvgIpc) is 3.24. The van der Waals surface area contributed by atoms with Gasteiger partial charge in [0, 0.05) is 28.2 Å². The molecule has 1 aromatic heterocycles. The van der Waals surface area contributed by atoms with Crippen molar-refractivity contribution in [3.8, 4) is 17.2 Å². The Morgan fingerprint density at radius 1 is 1.03 bits per heavy atom. The molecule has 8 heteroatoms. The molecule has 1 saturated heterocycles. The molecule has 0 bridgehead atoms. The van der Waals surface area contributed by atoms with Crippen LogP contribution in [0.25, 0.3) is 11.8 Å². The Balaban J connectivity index is 1.49. The molecular weight excluding hydrogens is 460 g/mol. The van der Waals surface area contributed by atoms with E-state index in [0.717, 1.165) is 40.2 Å². The molecule has 1 aliphatic rings. The summed E-state index contributed by atoms with van der Waals surface area (Å²) in [4.78, 5) is 27.0. The van der Waals surface area contributed by atoms with Gasteiger partial charge in [0.1, 0.15) is 18.1 Å². The number of hydrogen-bond acceptors (Lipinski definition) is 5. The number of rotatable bonds is 7. The van der Waals surface area contributed by atoms with E-state index in [2.05, 4.69) is 4.57 Å². The lowest BCUT2D eigenvalue weighted by atomic mass is 10.2. The molecule has 0 aliphatic carbocycles. The van der Waals surface area contributed by atoms with Crippen molar-refractivity contribution in [1.82, 2.24) is 9.47 Å². The van der Waals surface area contributed by atoms with Crippen molar-refractivity contribution in [3.05, 3.63) is 81.5 Å². The van der Waals surface area contributed by atoms with Crippen LogP contribution in [-0.2, 0) is 4.79 Å². The normalized spacial score (nSPS) is 14.9. The van der Waals surface area contributed by atoms with E-state index in [1.54, 1.807) is 37.5 Å². The minimum Gasteiger partial charge on any atom is -0.497 e. The van der Waals surface area contributed by atoms with E-state index < -0.39 is 0 Å². The lowest BCUT2D eigenvalue weighted by Crippen LogP contribution is -2.32.